The minimum Gasteiger partial charge on any atom is -0.383 e. The molecule has 2 aromatic heterocycles. The maximum atomic E-state index is 5.64. The van der Waals surface area contributed by atoms with Gasteiger partial charge in [0.25, 0.3) is 0 Å². The van der Waals surface area contributed by atoms with Crippen molar-refractivity contribution < 1.29 is 4.52 Å². The first-order chi connectivity index (χ1) is 9.25. The van der Waals surface area contributed by atoms with Gasteiger partial charge in [0.2, 0.25) is 5.89 Å². The fourth-order valence-corrected chi connectivity index (χ4v) is 2.26. The van der Waals surface area contributed by atoms with E-state index in [1.807, 2.05) is 27.7 Å². The Hall–Kier alpha value is -1.83. The quantitative estimate of drug-likeness (QED) is 0.653. The third kappa shape index (κ3) is 3.38. The average Bonchev–Trinajstić information content (AvgIpc) is 2.75. The van der Waals surface area contributed by atoms with Crippen LogP contribution in [-0.2, 0) is 5.41 Å². The minimum atomic E-state index is -0.149. The number of nitrogens with two attached hydrogens (primary N) is 2. The Morgan fingerprint density at radius 1 is 1.15 bits per heavy atom. The third-order valence-corrected chi connectivity index (χ3v) is 3.44. The summed E-state index contributed by atoms with van der Waals surface area (Å²) in [6, 6.07) is 1.51. The van der Waals surface area contributed by atoms with Gasteiger partial charge in [0.15, 0.2) is 11.0 Å². The van der Waals surface area contributed by atoms with Crippen LogP contribution in [0.3, 0.4) is 0 Å². The molecule has 0 radical (unpaired) electrons. The van der Waals surface area contributed by atoms with E-state index in [1.54, 1.807) is 0 Å². The van der Waals surface area contributed by atoms with Gasteiger partial charge in [-0.15, -0.1) is 0 Å². The highest BCUT2D eigenvalue weighted by Gasteiger charge is 2.24. The van der Waals surface area contributed by atoms with Gasteiger partial charge in [-0.2, -0.15) is 4.98 Å². The molecule has 20 heavy (non-hydrogen) atoms. The van der Waals surface area contributed by atoms with E-state index in [-0.39, 0.29) is 10.7 Å². The molecule has 0 amide bonds. The van der Waals surface area contributed by atoms with Crippen molar-refractivity contribution in [2.24, 2.45) is 0 Å². The van der Waals surface area contributed by atoms with Crippen molar-refractivity contribution in [1.82, 2.24) is 20.1 Å². The summed E-state index contributed by atoms with van der Waals surface area (Å²) >= 11 is 1.37. The van der Waals surface area contributed by atoms with Crippen LogP contribution in [0.4, 0.5) is 11.6 Å². The summed E-state index contributed by atoms with van der Waals surface area (Å²) < 4.78 is 5.29. The van der Waals surface area contributed by atoms with Crippen molar-refractivity contribution >= 4 is 23.4 Å². The molecule has 2 aromatic rings. The van der Waals surface area contributed by atoms with Crippen LogP contribution in [0, 0.1) is 0 Å². The predicted molar refractivity (Wildman–Crippen MR) is 78.1 cm³/mol. The third-order valence-electron chi connectivity index (χ3n) is 2.49. The van der Waals surface area contributed by atoms with E-state index in [2.05, 4.69) is 20.1 Å². The predicted octanol–water partition coefficient (Wildman–Crippen LogP) is 2.17. The van der Waals surface area contributed by atoms with Gasteiger partial charge < -0.3 is 16.0 Å². The maximum Gasteiger partial charge on any atom is 0.239 e. The molecule has 0 fully saturated rings. The zero-order valence-corrected chi connectivity index (χ0v) is 12.7. The number of thioether (sulfide) groups is 1. The second-order valence-electron chi connectivity index (χ2n) is 5.47. The van der Waals surface area contributed by atoms with E-state index < -0.39 is 0 Å². The summed E-state index contributed by atoms with van der Waals surface area (Å²) in [5.74, 6) is 1.89. The van der Waals surface area contributed by atoms with Crippen LogP contribution in [0.5, 0.6) is 0 Å². The topological polar surface area (TPSA) is 117 Å². The first kappa shape index (κ1) is 14.6. The molecule has 7 nitrogen and oxygen atoms in total. The van der Waals surface area contributed by atoms with E-state index in [4.69, 9.17) is 16.0 Å². The molecular weight excluding hydrogens is 276 g/mol. The van der Waals surface area contributed by atoms with Gasteiger partial charge in [0, 0.05) is 11.5 Å². The Balaban J connectivity index is 2.15. The summed E-state index contributed by atoms with van der Waals surface area (Å²) in [5.41, 5.74) is 11.1. The fourth-order valence-electron chi connectivity index (χ4n) is 1.43. The van der Waals surface area contributed by atoms with Crippen LogP contribution in [0.25, 0.3) is 0 Å². The smallest absolute Gasteiger partial charge is 0.239 e. The molecule has 0 aliphatic carbocycles. The van der Waals surface area contributed by atoms with Gasteiger partial charge in [-0.25, -0.2) is 9.97 Å². The monoisotopic (exact) mass is 294 g/mol. The van der Waals surface area contributed by atoms with Crippen LogP contribution in [0.2, 0.25) is 0 Å². The van der Waals surface area contributed by atoms with Gasteiger partial charge in [0.1, 0.15) is 11.6 Å². The molecule has 8 heteroatoms. The summed E-state index contributed by atoms with van der Waals surface area (Å²) in [7, 11) is 0. The lowest BCUT2D eigenvalue weighted by Gasteiger charge is -2.11. The van der Waals surface area contributed by atoms with Crippen LogP contribution >= 0.6 is 11.8 Å². The Bertz CT molecular complexity index is 586. The lowest BCUT2D eigenvalue weighted by molar-refractivity contribution is 0.364. The van der Waals surface area contributed by atoms with Crippen molar-refractivity contribution in [2.45, 2.75) is 43.5 Å². The Kier molecular flexibility index (Phi) is 3.85. The van der Waals surface area contributed by atoms with Gasteiger partial charge in [-0.05, 0) is 6.92 Å². The molecular formula is C12H18N6OS. The van der Waals surface area contributed by atoms with Gasteiger partial charge >= 0.3 is 0 Å². The number of hydrogen-bond acceptors (Lipinski definition) is 8. The number of nitrogen functional groups attached to an aromatic ring is 2. The van der Waals surface area contributed by atoms with Gasteiger partial charge in [0.05, 0.1) is 5.25 Å². The molecule has 1 unspecified atom stereocenters. The zero-order valence-electron chi connectivity index (χ0n) is 11.9. The van der Waals surface area contributed by atoms with Crippen LogP contribution < -0.4 is 11.5 Å². The molecule has 2 heterocycles. The SMILES string of the molecule is CC(Sc1nc(N)cc(N)n1)c1nc(C(C)(C)C)no1. The molecule has 0 aliphatic heterocycles. The molecule has 0 aromatic carbocycles. The Morgan fingerprint density at radius 2 is 1.75 bits per heavy atom. The van der Waals surface area contributed by atoms with E-state index >= 15 is 0 Å². The van der Waals surface area contributed by atoms with E-state index in [0.29, 0.717) is 28.5 Å². The van der Waals surface area contributed by atoms with Crippen LogP contribution in [0.15, 0.2) is 15.7 Å². The lowest BCUT2D eigenvalue weighted by Crippen LogP contribution is -2.13. The minimum absolute atomic E-state index is 0.0835. The first-order valence-electron chi connectivity index (χ1n) is 6.16. The second kappa shape index (κ2) is 5.28. The van der Waals surface area contributed by atoms with Crippen molar-refractivity contribution in [2.75, 3.05) is 11.5 Å². The van der Waals surface area contributed by atoms with Crippen molar-refractivity contribution in [1.29, 1.82) is 0 Å². The fraction of sp³-hybridized carbons (Fsp3) is 0.500. The molecule has 1 atom stereocenters. The van der Waals surface area contributed by atoms with Crippen molar-refractivity contribution in [3.05, 3.63) is 17.8 Å². The number of aromatic nitrogens is 4. The Labute approximate surface area is 121 Å². The lowest BCUT2D eigenvalue weighted by atomic mass is 9.96. The highest BCUT2D eigenvalue weighted by atomic mass is 32.2. The molecule has 2 rings (SSSR count). The number of hydrogen-bond donors (Lipinski definition) is 2. The Morgan fingerprint density at radius 3 is 2.25 bits per heavy atom. The van der Waals surface area contributed by atoms with Crippen molar-refractivity contribution in [3.8, 4) is 0 Å². The molecule has 108 valence electrons. The highest BCUT2D eigenvalue weighted by molar-refractivity contribution is 7.99. The molecule has 4 N–H and O–H groups in total. The zero-order chi connectivity index (χ0) is 14.9. The molecule has 0 aliphatic rings. The van der Waals surface area contributed by atoms with Gasteiger partial charge in [-0.3, -0.25) is 0 Å². The number of nitrogens with zero attached hydrogens (tertiary/aromatic N) is 4. The standard InChI is InChI=1S/C12H18N6OS/c1-6(9-17-10(18-19-9)12(2,3)4)20-11-15-7(13)5-8(14)16-11/h5-6H,1-4H3,(H4,13,14,15,16). The second-order valence-corrected chi connectivity index (χ2v) is 6.77. The van der Waals surface area contributed by atoms with Crippen LogP contribution in [-0.4, -0.2) is 20.1 Å². The summed E-state index contributed by atoms with van der Waals surface area (Å²) in [6.07, 6.45) is 0. The van der Waals surface area contributed by atoms with Crippen molar-refractivity contribution in [3.63, 3.8) is 0 Å². The number of rotatable bonds is 3. The maximum absolute atomic E-state index is 5.64. The molecule has 0 saturated heterocycles. The molecule has 0 spiro atoms. The van der Waals surface area contributed by atoms with E-state index in [1.165, 1.54) is 17.8 Å². The molecule has 0 bridgehead atoms. The van der Waals surface area contributed by atoms with E-state index in [0.717, 1.165) is 0 Å². The average molecular weight is 294 g/mol. The first-order valence-corrected chi connectivity index (χ1v) is 7.04. The normalized spacial score (nSPS) is 13.4. The number of anilines is 2. The summed E-state index contributed by atoms with van der Waals surface area (Å²) in [6.45, 7) is 8.02. The summed E-state index contributed by atoms with van der Waals surface area (Å²) in [4.78, 5) is 12.6. The van der Waals surface area contributed by atoms with Crippen LogP contribution in [0.1, 0.15) is 44.7 Å². The summed E-state index contributed by atoms with van der Waals surface area (Å²) in [5, 5.41) is 4.40. The highest BCUT2D eigenvalue weighted by Crippen LogP contribution is 2.33. The largest absolute Gasteiger partial charge is 0.383 e. The van der Waals surface area contributed by atoms with Gasteiger partial charge in [-0.1, -0.05) is 37.7 Å². The molecule has 0 saturated carbocycles. The van der Waals surface area contributed by atoms with E-state index in [9.17, 15) is 0 Å².